The fraction of sp³-hybridized carbons (Fsp3) is 0.200. The third-order valence-corrected chi connectivity index (χ3v) is 2.96. The number of carboxylic acid groups (broad SMARTS) is 1. The minimum atomic E-state index is -1.26. The van der Waals surface area contributed by atoms with Crippen molar-refractivity contribution in [2.24, 2.45) is 0 Å². The summed E-state index contributed by atoms with van der Waals surface area (Å²) in [7, 11) is 0. The van der Waals surface area contributed by atoms with E-state index in [-0.39, 0.29) is 16.3 Å². The number of hydrogen-bond donors (Lipinski definition) is 2. The van der Waals surface area contributed by atoms with Crippen molar-refractivity contribution >= 4 is 28.2 Å². The van der Waals surface area contributed by atoms with E-state index in [9.17, 15) is 19.7 Å². The van der Waals surface area contributed by atoms with Crippen LogP contribution in [0.2, 0.25) is 0 Å². The summed E-state index contributed by atoms with van der Waals surface area (Å²) in [5.41, 5.74) is 0. The summed E-state index contributed by atoms with van der Waals surface area (Å²) in [6.07, 6.45) is 4.82. The standard InChI is InChI=1S/C10H8N2O5S/c1-2-3-6(10(14)15)11-9(13)7-4-5-8(18-7)12(16)17/h1,4-6H,3H2,(H,11,13)(H,14,15). The average Bonchev–Trinajstić information content (AvgIpc) is 2.77. The van der Waals surface area contributed by atoms with E-state index in [2.05, 4.69) is 11.2 Å². The molecular formula is C10H8N2O5S. The fourth-order valence-electron chi connectivity index (χ4n) is 1.10. The number of nitrogens with one attached hydrogen (secondary N) is 1. The van der Waals surface area contributed by atoms with Gasteiger partial charge in [0.15, 0.2) is 0 Å². The lowest BCUT2D eigenvalue weighted by Crippen LogP contribution is -2.40. The molecule has 0 saturated carbocycles. The zero-order valence-corrected chi connectivity index (χ0v) is 9.77. The van der Waals surface area contributed by atoms with E-state index in [4.69, 9.17) is 11.5 Å². The number of thiophene rings is 1. The molecule has 0 aliphatic rings. The Kier molecular flexibility index (Phi) is 4.39. The molecule has 0 radical (unpaired) electrons. The number of nitrogens with zero attached hydrogens (tertiary/aromatic N) is 1. The summed E-state index contributed by atoms with van der Waals surface area (Å²) in [4.78, 5) is 32.2. The Hall–Kier alpha value is -2.40. The van der Waals surface area contributed by atoms with Crippen LogP contribution in [0.4, 0.5) is 5.00 Å². The maximum Gasteiger partial charge on any atom is 0.327 e. The minimum absolute atomic E-state index is 0.0602. The summed E-state index contributed by atoms with van der Waals surface area (Å²) in [6, 6.07) is 1.23. The summed E-state index contributed by atoms with van der Waals surface area (Å²) in [5.74, 6) is 0.174. The van der Waals surface area contributed by atoms with Gasteiger partial charge in [0.25, 0.3) is 5.91 Å². The minimum Gasteiger partial charge on any atom is -0.480 e. The number of carboxylic acids is 1. The second-order valence-electron chi connectivity index (χ2n) is 3.17. The summed E-state index contributed by atoms with van der Waals surface area (Å²) in [5, 5.41) is 21.2. The van der Waals surface area contributed by atoms with Gasteiger partial charge in [-0.15, -0.1) is 12.3 Å². The van der Waals surface area contributed by atoms with Gasteiger partial charge in [-0.3, -0.25) is 14.9 Å². The highest BCUT2D eigenvalue weighted by Gasteiger charge is 2.22. The van der Waals surface area contributed by atoms with Gasteiger partial charge in [-0.05, 0) is 6.07 Å². The van der Waals surface area contributed by atoms with Gasteiger partial charge >= 0.3 is 11.0 Å². The first-order valence-corrected chi connectivity index (χ1v) is 5.48. The van der Waals surface area contributed by atoms with Gasteiger partial charge in [-0.2, -0.15) is 0 Å². The maximum absolute atomic E-state index is 11.6. The number of rotatable bonds is 5. The molecule has 1 aromatic rings. The lowest BCUT2D eigenvalue weighted by Gasteiger charge is -2.10. The highest BCUT2D eigenvalue weighted by atomic mass is 32.1. The predicted molar refractivity (Wildman–Crippen MR) is 63.3 cm³/mol. The van der Waals surface area contributed by atoms with Gasteiger partial charge in [0.2, 0.25) is 0 Å². The van der Waals surface area contributed by atoms with E-state index in [0.717, 1.165) is 0 Å². The molecule has 0 spiro atoms. The van der Waals surface area contributed by atoms with Crippen molar-refractivity contribution in [3.05, 3.63) is 27.1 Å². The normalized spacial score (nSPS) is 11.3. The molecule has 0 fully saturated rings. The van der Waals surface area contributed by atoms with Gasteiger partial charge in [-0.1, -0.05) is 11.3 Å². The molecule has 94 valence electrons. The Morgan fingerprint density at radius 1 is 1.61 bits per heavy atom. The van der Waals surface area contributed by atoms with E-state index < -0.39 is 22.8 Å². The fourth-order valence-corrected chi connectivity index (χ4v) is 1.82. The molecule has 1 heterocycles. The number of aliphatic carboxylic acids is 1. The second-order valence-corrected chi connectivity index (χ2v) is 4.23. The zero-order valence-electron chi connectivity index (χ0n) is 8.95. The molecule has 0 aromatic carbocycles. The number of amides is 1. The first-order chi connectivity index (χ1) is 8.45. The van der Waals surface area contributed by atoms with Crippen LogP contribution in [0.3, 0.4) is 0 Å². The molecular weight excluding hydrogens is 260 g/mol. The van der Waals surface area contributed by atoms with Crippen molar-refractivity contribution in [2.75, 3.05) is 0 Å². The summed E-state index contributed by atoms with van der Waals surface area (Å²) in [6.45, 7) is 0. The van der Waals surface area contributed by atoms with Crippen molar-refractivity contribution in [1.29, 1.82) is 0 Å². The molecule has 1 aromatic heterocycles. The van der Waals surface area contributed by atoms with Crippen molar-refractivity contribution in [3.8, 4) is 12.3 Å². The van der Waals surface area contributed by atoms with Crippen LogP contribution in [0.1, 0.15) is 16.1 Å². The van der Waals surface area contributed by atoms with Gasteiger partial charge < -0.3 is 10.4 Å². The molecule has 1 amide bonds. The van der Waals surface area contributed by atoms with Crippen LogP contribution in [0, 0.1) is 22.5 Å². The summed E-state index contributed by atoms with van der Waals surface area (Å²) < 4.78 is 0. The molecule has 0 bridgehead atoms. The number of terminal acetylenes is 1. The van der Waals surface area contributed by atoms with Gasteiger partial charge in [0, 0.05) is 12.5 Å². The second kappa shape index (κ2) is 5.79. The molecule has 1 atom stereocenters. The molecule has 7 nitrogen and oxygen atoms in total. The lowest BCUT2D eigenvalue weighted by atomic mass is 10.2. The van der Waals surface area contributed by atoms with Gasteiger partial charge in [0.05, 0.1) is 9.80 Å². The number of nitro groups is 1. The number of carbonyl (C=O) groups excluding carboxylic acids is 1. The molecule has 0 aliphatic carbocycles. The van der Waals surface area contributed by atoms with Gasteiger partial charge in [0.1, 0.15) is 6.04 Å². The Morgan fingerprint density at radius 2 is 2.28 bits per heavy atom. The highest BCUT2D eigenvalue weighted by Crippen LogP contribution is 2.23. The third-order valence-electron chi connectivity index (χ3n) is 1.92. The van der Waals surface area contributed by atoms with Crippen LogP contribution < -0.4 is 5.32 Å². The summed E-state index contributed by atoms with van der Waals surface area (Å²) >= 11 is 0.665. The topological polar surface area (TPSA) is 110 Å². The number of carbonyl (C=O) groups is 2. The quantitative estimate of drug-likeness (QED) is 0.467. The monoisotopic (exact) mass is 268 g/mol. The maximum atomic E-state index is 11.6. The Morgan fingerprint density at radius 3 is 2.72 bits per heavy atom. The largest absolute Gasteiger partial charge is 0.480 e. The van der Waals surface area contributed by atoms with E-state index >= 15 is 0 Å². The first kappa shape index (κ1) is 13.7. The third kappa shape index (κ3) is 3.29. The van der Waals surface area contributed by atoms with Crippen molar-refractivity contribution in [1.82, 2.24) is 5.32 Å². The smallest absolute Gasteiger partial charge is 0.327 e. The van der Waals surface area contributed by atoms with Crippen LogP contribution in [-0.2, 0) is 4.79 Å². The van der Waals surface area contributed by atoms with E-state index in [1.165, 1.54) is 12.1 Å². The molecule has 18 heavy (non-hydrogen) atoms. The van der Waals surface area contributed by atoms with Crippen LogP contribution >= 0.6 is 11.3 Å². The van der Waals surface area contributed by atoms with Crippen molar-refractivity contribution in [3.63, 3.8) is 0 Å². The van der Waals surface area contributed by atoms with Crippen LogP contribution in [0.5, 0.6) is 0 Å². The Bertz CT molecular complexity index is 531. The van der Waals surface area contributed by atoms with Crippen molar-refractivity contribution in [2.45, 2.75) is 12.5 Å². The van der Waals surface area contributed by atoms with Crippen LogP contribution in [0.25, 0.3) is 0 Å². The first-order valence-electron chi connectivity index (χ1n) is 4.67. The predicted octanol–water partition coefficient (Wildman–Crippen LogP) is 0.863. The zero-order chi connectivity index (χ0) is 13.7. The molecule has 2 N–H and O–H groups in total. The Balaban J connectivity index is 2.77. The van der Waals surface area contributed by atoms with E-state index in [1.54, 1.807) is 0 Å². The molecule has 0 saturated heterocycles. The molecule has 0 aliphatic heterocycles. The van der Waals surface area contributed by atoms with E-state index in [0.29, 0.717) is 11.3 Å². The Labute approximate surface area is 106 Å². The van der Waals surface area contributed by atoms with E-state index in [1.807, 2.05) is 0 Å². The highest BCUT2D eigenvalue weighted by molar-refractivity contribution is 7.17. The van der Waals surface area contributed by atoms with Gasteiger partial charge in [-0.25, -0.2) is 4.79 Å². The number of hydrogen-bond acceptors (Lipinski definition) is 5. The average molecular weight is 268 g/mol. The molecule has 1 unspecified atom stereocenters. The van der Waals surface area contributed by atoms with Crippen molar-refractivity contribution < 1.29 is 19.6 Å². The molecule has 8 heteroatoms. The SMILES string of the molecule is C#CCC(NC(=O)c1ccc([N+](=O)[O-])s1)C(=O)O. The van der Waals surface area contributed by atoms with Crippen LogP contribution in [0.15, 0.2) is 12.1 Å². The lowest BCUT2D eigenvalue weighted by molar-refractivity contribution is -0.380. The molecule has 1 rings (SSSR count). The van der Waals surface area contributed by atoms with Crippen LogP contribution in [-0.4, -0.2) is 27.9 Å².